The van der Waals surface area contributed by atoms with E-state index in [2.05, 4.69) is 0 Å². The first-order valence-electron chi connectivity index (χ1n) is 6.39. The molecule has 0 aliphatic heterocycles. The van der Waals surface area contributed by atoms with Crippen molar-refractivity contribution >= 4 is 12.6 Å². The number of methoxy groups -OCH3 is 3. The standard InChI is InChI=1S/C15H17BO5/c1-18-13-9-12(10-14(19-2)15(13)20-3)21-16(17)11-7-5-4-6-8-11/h4-10,17H,1-3H3. The molecule has 0 fully saturated rings. The first-order valence-corrected chi connectivity index (χ1v) is 6.39. The lowest BCUT2D eigenvalue weighted by atomic mass is 9.79. The molecule has 0 bridgehead atoms. The first-order chi connectivity index (χ1) is 10.2. The summed E-state index contributed by atoms with van der Waals surface area (Å²) >= 11 is 0. The highest BCUT2D eigenvalue weighted by atomic mass is 16.5. The molecular weight excluding hydrogens is 271 g/mol. The summed E-state index contributed by atoms with van der Waals surface area (Å²) in [6, 6.07) is 12.4. The molecule has 0 atom stereocenters. The molecule has 0 heterocycles. The van der Waals surface area contributed by atoms with Crippen LogP contribution in [0.5, 0.6) is 23.0 Å². The van der Waals surface area contributed by atoms with Crippen LogP contribution in [-0.2, 0) is 0 Å². The SMILES string of the molecule is COc1cc(OB(O)c2ccccc2)cc(OC)c1OC. The first kappa shape index (κ1) is 15.1. The average Bonchev–Trinajstić information content (AvgIpc) is 2.54. The van der Waals surface area contributed by atoms with Crippen LogP contribution in [-0.4, -0.2) is 33.5 Å². The van der Waals surface area contributed by atoms with Crippen molar-refractivity contribution in [1.29, 1.82) is 0 Å². The number of hydrogen-bond acceptors (Lipinski definition) is 5. The van der Waals surface area contributed by atoms with Crippen molar-refractivity contribution in [1.82, 2.24) is 0 Å². The Bertz CT molecular complexity index is 563. The van der Waals surface area contributed by atoms with Crippen LogP contribution in [0.2, 0.25) is 0 Å². The number of ether oxygens (including phenoxy) is 3. The molecule has 1 N–H and O–H groups in total. The monoisotopic (exact) mass is 288 g/mol. The third-order valence-electron chi connectivity index (χ3n) is 2.97. The van der Waals surface area contributed by atoms with Crippen LogP contribution in [0.15, 0.2) is 42.5 Å². The zero-order valence-electron chi connectivity index (χ0n) is 12.2. The van der Waals surface area contributed by atoms with E-state index in [9.17, 15) is 5.02 Å². The van der Waals surface area contributed by atoms with E-state index in [4.69, 9.17) is 18.9 Å². The molecule has 2 aromatic rings. The number of hydrogen-bond donors (Lipinski definition) is 1. The van der Waals surface area contributed by atoms with E-state index in [1.54, 1.807) is 24.3 Å². The molecular formula is C15H17BO5. The van der Waals surface area contributed by atoms with Gasteiger partial charge in [0.15, 0.2) is 11.5 Å². The fourth-order valence-electron chi connectivity index (χ4n) is 1.94. The maximum Gasteiger partial charge on any atom is 0.560 e. The summed E-state index contributed by atoms with van der Waals surface area (Å²) in [5.74, 6) is 1.82. The van der Waals surface area contributed by atoms with Gasteiger partial charge >= 0.3 is 7.12 Å². The van der Waals surface area contributed by atoms with E-state index in [-0.39, 0.29) is 0 Å². The predicted molar refractivity (Wildman–Crippen MR) is 80.8 cm³/mol. The Balaban J connectivity index is 2.28. The second-order valence-corrected chi connectivity index (χ2v) is 4.24. The molecule has 6 heteroatoms. The number of rotatable bonds is 6. The minimum absolute atomic E-state index is 0.417. The highest BCUT2D eigenvalue weighted by molar-refractivity contribution is 6.60. The third kappa shape index (κ3) is 3.41. The minimum atomic E-state index is -1.07. The van der Waals surface area contributed by atoms with Crippen molar-refractivity contribution in [2.45, 2.75) is 0 Å². The Morgan fingerprint density at radius 3 is 1.90 bits per heavy atom. The van der Waals surface area contributed by atoms with Crippen molar-refractivity contribution in [3.05, 3.63) is 42.5 Å². The molecule has 0 saturated heterocycles. The van der Waals surface area contributed by atoms with Gasteiger partial charge in [0.2, 0.25) is 5.75 Å². The van der Waals surface area contributed by atoms with Gasteiger partial charge in [0.05, 0.1) is 21.3 Å². The Hall–Kier alpha value is -2.34. The fraction of sp³-hybridized carbons (Fsp3) is 0.200. The van der Waals surface area contributed by atoms with Gasteiger partial charge in [-0.2, -0.15) is 0 Å². The molecule has 2 aromatic carbocycles. The van der Waals surface area contributed by atoms with Crippen LogP contribution in [0.3, 0.4) is 0 Å². The van der Waals surface area contributed by atoms with Crippen molar-refractivity contribution in [3.63, 3.8) is 0 Å². The largest absolute Gasteiger partial charge is 0.560 e. The van der Waals surface area contributed by atoms with Gasteiger partial charge in [-0.05, 0) is 5.46 Å². The molecule has 0 aliphatic rings. The zero-order chi connectivity index (χ0) is 15.2. The summed E-state index contributed by atoms with van der Waals surface area (Å²) in [7, 11) is 3.50. The van der Waals surface area contributed by atoms with E-state index in [0.29, 0.717) is 28.5 Å². The van der Waals surface area contributed by atoms with E-state index in [1.807, 2.05) is 18.2 Å². The van der Waals surface area contributed by atoms with E-state index in [1.165, 1.54) is 21.3 Å². The van der Waals surface area contributed by atoms with Crippen LogP contribution in [0, 0.1) is 0 Å². The molecule has 2 rings (SSSR count). The van der Waals surface area contributed by atoms with Crippen molar-refractivity contribution in [2.24, 2.45) is 0 Å². The van der Waals surface area contributed by atoms with Gasteiger partial charge in [0.25, 0.3) is 0 Å². The van der Waals surface area contributed by atoms with Crippen molar-refractivity contribution in [2.75, 3.05) is 21.3 Å². The van der Waals surface area contributed by atoms with Gasteiger partial charge in [-0.1, -0.05) is 30.3 Å². The summed E-state index contributed by atoms with van der Waals surface area (Å²) in [6.07, 6.45) is 0. The van der Waals surface area contributed by atoms with Gasteiger partial charge in [-0.15, -0.1) is 0 Å². The Labute approximate surface area is 124 Å². The van der Waals surface area contributed by atoms with Gasteiger partial charge in [-0.3, -0.25) is 0 Å². The molecule has 0 saturated carbocycles. The van der Waals surface area contributed by atoms with Crippen molar-refractivity contribution < 1.29 is 23.9 Å². The van der Waals surface area contributed by atoms with Crippen LogP contribution >= 0.6 is 0 Å². The van der Waals surface area contributed by atoms with Gasteiger partial charge < -0.3 is 23.9 Å². The summed E-state index contributed by atoms with van der Waals surface area (Å²) in [5.41, 5.74) is 0.659. The fourth-order valence-corrected chi connectivity index (χ4v) is 1.94. The third-order valence-corrected chi connectivity index (χ3v) is 2.97. The van der Waals surface area contributed by atoms with Gasteiger partial charge in [0.1, 0.15) is 5.75 Å². The average molecular weight is 288 g/mol. The molecule has 0 unspecified atom stereocenters. The normalized spacial score (nSPS) is 9.90. The van der Waals surface area contributed by atoms with Crippen LogP contribution in [0.4, 0.5) is 0 Å². The smallest absolute Gasteiger partial charge is 0.532 e. The molecule has 0 aromatic heterocycles. The molecule has 5 nitrogen and oxygen atoms in total. The van der Waals surface area contributed by atoms with Crippen LogP contribution in [0.25, 0.3) is 0 Å². The van der Waals surface area contributed by atoms with Gasteiger partial charge in [-0.25, -0.2) is 0 Å². The van der Waals surface area contributed by atoms with E-state index in [0.717, 1.165) is 0 Å². The highest BCUT2D eigenvalue weighted by Gasteiger charge is 2.21. The lowest BCUT2D eigenvalue weighted by Crippen LogP contribution is -2.36. The quantitative estimate of drug-likeness (QED) is 0.816. The molecule has 110 valence electrons. The molecule has 21 heavy (non-hydrogen) atoms. The maximum atomic E-state index is 10.1. The lowest BCUT2D eigenvalue weighted by molar-refractivity contribution is 0.321. The number of benzene rings is 2. The Morgan fingerprint density at radius 2 is 1.43 bits per heavy atom. The zero-order valence-corrected chi connectivity index (χ0v) is 12.2. The topological polar surface area (TPSA) is 57.2 Å². The minimum Gasteiger partial charge on any atom is -0.532 e. The van der Waals surface area contributed by atoms with E-state index < -0.39 is 7.12 Å². The second-order valence-electron chi connectivity index (χ2n) is 4.24. The molecule has 0 radical (unpaired) electrons. The lowest BCUT2D eigenvalue weighted by Gasteiger charge is -2.16. The van der Waals surface area contributed by atoms with Gasteiger partial charge in [0, 0.05) is 12.1 Å². The van der Waals surface area contributed by atoms with Crippen LogP contribution < -0.4 is 24.3 Å². The molecule has 0 amide bonds. The predicted octanol–water partition coefficient (Wildman–Crippen LogP) is 1.48. The van der Waals surface area contributed by atoms with Crippen LogP contribution in [0.1, 0.15) is 0 Å². The van der Waals surface area contributed by atoms with E-state index >= 15 is 0 Å². The summed E-state index contributed by atoms with van der Waals surface area (Å²) in [5, 5.41) is 10.1. The molecule has 0 aliphatic carbocycles. The van der Waals surface area contributed by atoms with Crippen molar-refractivity contribution in [3.8, 4) is 23.0 Å². The summed E-state index contributed by atoms with van der Waals surface area (Å²) < 4.78 is 21.2. The second kappa shape index (κ2) is 6.90. The molecule has 0 spiro atoms. The Kier molecular flexibility index (Phi) is 4.95. The Morgan fingerprint density at radius 1 is 0.857 bits per heavy atom. The summed E-state index contributed by atoms with van der Waals surface area (Å²) in [4.78, 5) is 0. The summed E-state index contributed by atoms with van der Waals surface area (Å²) in [6.45, 7) is 0. The highest BCUT2D eigenvalue weighted by Crippen LogP contribution is 2.40. The maximum absolute atomic E-state index is 10.1.